The third-order valence-electron chi connectivity index (χ3n) is 2.36. The van der Waals surface area contributed by atoms with Crippen molar-refractivity contribution in [1.29, 1.82) is 0 Å². The van der Waals surface area contributed by atoms with Crippen LogP contribution >= 0.6 is 11.6 Å². The second-order valence-corrected chi connectivity index (χ2v) is 3.92. The molecule has 0 aliphatic rings. The van der Waals surface area contributed by atoms with Crippen LogP contribution in [-0.4, -0.2) is 27.7 Å². The van der Waals surface area contributed by atoms with E-state index in [1.165, 1.54) is 18.2 Å². The van der Waals surface area contributed by atoms with E-state index < -0.39 is 10.9 Å². The van der Waals surface area contributed by atoms with Gasteiger partial charge in [0.1, 0.15) is 0 Å². The van der Waals surface area contributed by atoms with Crippen LogP contribution in [0.15, 0.2) is 18.2 Å². The van der Waals surface area contributed by atoms with Crippen molar-refractivity contribution in [1.82, 2.24) is 10.2 Å². The Bertz CT molecular complexity index is 674. The van der Waals surface area contributed by atoms with Crippen molar-refractivity contribution in [2.24, 2.45) is 0 Å². The van der Waals surface area contributed by atoms with E-state index in [1.54, 1.807) is 6.92 Å². The number of carbonyl (C=O) groups excluding carboxylic acids is 1. The van der Waals surface area contributed by atoms with Crippen molar-refractivity contribution in [2.75, 3.05) is 6.61 Å². The highest BCUT2D eigenvalue weighted by Crippen LogP contribution is 2.27. The normalized spacial score (nSPS) is 10.4. The number of hydrogen-bond donors (Lipinski definition) is 0. The summed E-state index contributed by atoms with van der Waals surface area (Å²) in [7, 11) is 0. The third-order valence-corrected chi connectivity index (χ3v) is 2.74. The van der Waals surface area contributed by atoms with Crippen LogP contribution in [0.5, 0.6) is 0 Å². The van der Waals surface area contributed by atoms with E-state index in [1.807, 2.05) is 0 Å². The minimum atomic E-state index is -0.714. The van der Waals surface area contributed by atoms with Crippen LogP contribution in [-0.2, 0) is 4.74 Å². The first kappa shape index (κ1) is 13.2. The molecule has 0 radical (unpaired) electrons. The second-order valence-electron chi connectivity index (χ2n) is 3.54. The van der Waals surface area contributed by atoms with Gasteiger partial charge in [-0.1, -0.05) is 11.6 Å². The Balaban J connectivity index is 2.61. The van der Waals surface area contributed by atoms with Gasteiger partial charge in [-0.15, -0.1) is 10.2 Å². The number of aromatic nitrogens is 2. The number of non-ortho nitro benzene ring substituents is 1. The molecule has 0 aliphatic carbocycles. The number of ether oxygens (including phenoxy) is 1. The quantitative estimate of drug-likeness (QED) is 0.487. The molecule has 0 amide bonds. The molecule has 8 heteroatoms. The van der Waals surface area contributed by atoms with Gasteiger partial charge in [0.15, 0.2) is 5.69 Å². The lowest BCUT2D eigenvalue weighted by Crippen LogP contribution is -2.09. The second kappa shape index (κ2) is 5.15. The number of benzene rings is 1. The lowest BCUT2D eigenvalue weighted by atomic mass is 10.2. The van der Waals surface area contributed by atoms with Crippen LogP contribution in [0.4, 0.5) is 5.69 Å². The number of esters is 1. The molecular formula is C11H8ClN3O4. The van der Waals surface area contributed by atoms with Gasteiger partial charge in [-0.05, 0) is 13.0 Å². The maximum Gasteiger partial charge on any atom is 0.360 e. The Hall–Kier alpha value is -2.28. The maximum absolute atomic E-state index is 11.6. The number of carbonyl (C=O) groups is 1. The van der Waals surface area contributed by atoms with E-state index in [0.29, 0.717) is 5.52 Å². The fourth-order valence-electron chi connectivity index (χ4n) is 1.51. The number of nitro groups is 1. The summed E-state index contributed by atoms with van der Waals surface area (Å²) in [5.41, 5.74) is 0.0670. The molecule has 0 fully saturated rings. The lowest BCUT2D eigenvalue weighted by Gasteiger charge is -2.04. The van der Waals surface area contributed by atoms with Gasteiger partial charge in [0.05, 0.1) is 22.1 Å². The minimum absolute atomic E-state index is 0.00727. The van der Waals surface area contributed by atoms with E-state index in [0.717, 1.165) is 0 Å². The number of nitro benzene ring substituents is 1. The summed E-state index contributed by atoms with van der Waals surface area (Å²) in [5, 5.41) is 18.5. The van der Waals surface area contributed by atoms with E-state index in [4.69, 9.17) is 16.3 Å². The molecule has 0 saturated heterocycles. The number of rotatable bonds is 3. The molecular weight excluding hydrogens is 274 g/mol. The zero-order valence-corrected chi connectivity index (χ0v) is 10.5. The average molecular weight is 282 g/mol. The molecule has 0 spiro atoms. The van der Waals surface area contributed by atoms with Crippen LogP contribution in [0.25, 0.3) is 10.9 Å². The molecule has 1 heterocycles. The Morgan fingerprint density at radius 2 is 2.21 bits per heavy atom. The molecule has 19 heavy (non-hydrogen) atoms. The van der Waals surface area contributed by atoms with Crippen molar-refractivity contribution in [3.05, 3.63) is 39.0 Å². The van der Waals surface area contributed by atoms with Gasteiger partial charge in [0.2, 0.25) is 0 Å². The Morgan fingerprint density at radius 1 is 1.47 bits per heavy atom. The van der Waals surface area contributed by atoms with Crippen LogP contribution < -0.4 is 0 Å². The molecule has 7 nitrogen and oxygen atoms in total. The molecule has 2 aromatic rings. The van der Waals surface area contributed by atoms with Gasteiger partial charge >= 0.3 is 5.97 Å². The molecule has 0 N–H and O–H groups in total. The van der Waals surface area contributed by atoms with E-state index in [2.05, 4.69) is 10.2 Å². The predicted octanol–water partition coefficient (Wildman–Crippen LogP) is 2.37. The van der Waals surface area contributed by atoms with Crippen molar-refractivity contribution >= 4 is 34.2 Å². The first-order chi connectivity index (χ1) is 9.04. The summed E-state index contributed by atoms with van der Waals surface area (Å²) in [6.45, 7) is 1.81. The van der Waals surface area contributed by atoms with Gasteiger partial charge in [0.25, 0.3) is 5.69 Å². The fraction of sp³-hybridized carbons (Fsp3) is 0.182. The summed E-state index contributed by atoms with van der Waals surface area (Å²) in [6, 6.07) is 3.95. The highest BCUT2D eigenvalue weighted by molar-refractivity contribution is 6.37. The SMILES string of the molecule is CCOC(=O)c1nnc2ccc([N+](=O)[O-])cc2c1Cl. The Labute approximate surface area is 112 Å². The van der Waals surface area contributed by atoms with Crippen LogP contribution in [0.1, 0.15) is 17.4 Å². The first-order valence-corrected chi connectivity index (χ1v) is 5.69. The van der Waals surface area contributed by atoms with Crippen LogP contribution in [0.3, 0.4) is 0 Å². The predicted molar refractivity (Wildman–Crippen MR) is 67.2 cm³/mol. The van der Waals surface area contributed by atoms with Crippen molar-refractivity contribution in [3.8, 4) is 0 Å². The van der Waals surface area contributed by atoms with E-state index in [-0.39, 0.29) is 28.4 Å². The highest BCUT2D eigenvalue weighted by Gasteiger charge is 2.18. The first-order valence-electron chi connectivity index (χ1n) is 5.32. The van der Waals surface area contributed by atoms with Gasteiger partial charge in [-0.25, -0.2) is 4.79 Å². The summed E-state index contributed by atoms with van der Waals surface area (Å²) in [4.78, 5) is 21.7. The molecule has 1 aromatic carbocycles. The van der Waals surface area contributed by atoms with Crippen LogP contribution in [0.2, 0.25) is 5.02 Å². The van der Waals surface area contributed by atoms with Crippen molar-refractivity contribution in [2.45, 2.75) is 6.92 Å². The third kappa shape index (κ3) is 2.45. The molecule has 2 rings (SSSR count). The Kier molecular flexibility index (Phi) is 3.57. The number of hydrogen-bond acceptors (Lipinski definition) is 6. The smallest absolute Gasteiger partial charge is 0.360 e. The molecule has 1 aromatic heterocycles. The standard InChI is InChI=1S/C11H8ClN3O4/c1-2-19-11(16)10-9(12)7-5-6(15(17)18)3-4-8(7)13-14-10/h3-5H,2H2,1H3. The van der Waals surface area contributed by atoms with Crippen LogP contribution in [0, 0.1) is 10.1 Å². The topological polar surface area (TPSA) is 95.2 Å². The monoisotopic (exact) mass is 281 g/mol. The summed E-state index contributed by atoms with van der Waals surface area (Å²) in [6.07, 6.45) is 0. The highest BCUT2D eigenvalue weighted by atomic mass is 35.5. The molecule has 98 valence electrons. The molecule has 0 unspecified atom stereocenters. The molecule has 0 saturated carbocycles. The van der Waals surface area contributed by atoms with Gasteiger partial charge in [0, 0.05) is 17.5 Å². The minimum Gasteiger partial charge on any atom is -0.461 e. The van der Waals surface area contributed by atoms with E-state index in [9.17, 15) is 14.9 Å². The largest absolute Gasteiger partial charge is 0.461 e. The lowest BCUT2D eigenvalue weighted by molar-refractivity contribution is -0.384. The molecule has 0 bridgehead atoms. The average Bonchev–Trinajstić information content (AvgIpc) is 2.39. The summed E-state index contributed by atoms with van der Waals surface area (Å²) in [5.74, 6) is -0.714. The summed E-state index contributed by atoms with van der Waals surface area (Å²) < 4.78 is 4.78. The van der Waals surface area contributed by atoms with Gasteiger partial charge < -0.3 is 4.74 Å². The van der Waals surface area contributed by atoms with Gasteiger partial charge in [-0.3, -0.25) is 10.1 Å². The van der Waals surface area contributed by atoms with E-state index >= 15 is 0 Å². The zero-order chi connectivity index (χ0) is 14.0. The zero-order valence-electron chi connectivity index (χ0n) is 9.79. The molecule has 0 aliphatic heterocycles. The number of halogens is 1. The van der Waals surface area contributed by atoms with Crippen molar-refractivity contribution < 1.29 is 14.5 Å². The van der Waals surface area contributed by atoms with Gasteiger partial charge in [-0.2, -0.15) is 0 Å². The fourth-order valence-corrected chi connectivity index (χ4v) is 1.77. The number of nitrogens with zero attached hydrogens (tertiary/aromatic N) is 3. The molecule has 0 atom stereocenters. The number of fused-ring (bicyclic) bond motifs is 1. The maximum atomic E-state index is 11.6. The summed E-state index contributed by atoms with van der Waals surface area (Å²) >= 11 is 6.02. The van der Waals surface area contributed by atoms with Crippen molar-refractivity contribution in [3.63, 3.8) is 0 Å². The Morgan fingerprint density at radius 3 is 2.84 bits per heavy atom.